The summed E-state index contributed by atoms with van der Waals surface area (Å²) in [6.45, 7) is 4.31. The Morgan fingerprint density at radius 2 is 1.73 bits per heavy atom. The first kappa shape index (κ1) is 24.3. The monoisotopic (exact) mass is 456 g/mol. The molecule has 0 aromatic heterocycles. The third kappa shape index (κ3) is 5.18. The molecule has 0 heterocycles. The molecular formula is C24H32N4O5. The van der Waals surface area contributed by atoms with Crippen LogP contribution in [0.1, 0.15) is 49.9 Å². The molecular weight excluding hydrogens is 424 g/mol. The summed E-state index contributed by atoms with van der Waals surface area (Å²) in [5, 5.41) is 19.2. The molecule has 1 fully saturated rings. The molecule has 9 nitrogen and oxygen atoms in total. The Balaban J connectivity index is 1.78. The lowest BCUT2D eigenvalue weighted by Crippen LogP contribution is -2.47. The minimum atomic E-state index is -0.755. The van der Waals surface area contributed by atoms with Crippen molar-refractivity contribution in [2.75, 3.05) is 31.3 Å². The molecule has 0 saturated heterocycles. The smallest absolute Gasteiger partial charge is 0.257 e. The second-order valence-corrected chi connectivity index (χ2v) is 9.20. The van der Waals surface area contributed by atoms with Gasteiger partial charge in [-0.3, -0.25) is 19.2 Å². The summed E-state index contributed by atoms with van der Waals surface area (Å²) in [6, 6.07) is 3.82. The van der Waals surface area contributed by atoms with E-state index in [1.54, 1.807) is 20.2 Å². The van der Waals surface area contributed by atoms with Crippen molar-refractivity contribution in [2.24, 2.45) is 11.8 Å². The Bertz CT molecular complexity index is 1100. The van der Waals surface area contributed by atoms with Crippen molar-refractivity contribution in [2.45, 2.75) is 45.6 Å². The van der Waals surface area contributed by atoms with Crippen LogP contribution in [0.3, 0.4) is 0 Å². The van der Waals surface area contributed by atoms with Crippen LogP contribution in [-0.4, -0.2) is 48.5 Å². The summed E-state index contributed by atoms with van der Waals surface area (Å²) in [7, 11) is 3.12. The summed E-state index contributed by atoms with van der Waals surface area (Å²) >= 11 is 0. The predicted octanol–water partition coefficient (Wildman–Crippen LogP) is 2.18. The number of carbonyl (C=O) groups is 2. The summed E-state index contributed by atoms with van der Waals surface area (Å²) in [5.74, 6) is -0.619. The van der Waals surface area contributed by atoms with Gasteiger partial charge in [-0.25, -0.2) is 0 Å². The number of aromatic hydroxyl groups is 1. The van der Waals surface area contributed by atoms with E-state index in [0.717, 1.165) is 12.8 Å². The second kappa shape index (κ2) is 10.1. The zero-order valence-corrected chi connectivity index (χ0v) is 19.5. The average Bonchev–Trinajstić information content (AvgIpc) is 3.30. The van der Waals surface area contributed by atoms with Gasteiger partial charge in [0.1, 0.15) is 17.4 Å². The molecule has 1 aliphatic carbocycles. The molecule has 0 radical (unpaired) electrons. The van der Waals surface area contributed by atoms with Crippen LogP contribution < -0.4 is 26.8 Å². The third-order valence-electron chi connectivity index (χ3n) is 6.13. The number of amides is 2. The van der Waals surface area contributed by atoms with Crippen molar-refractivity contribution < 1.29 is 14.7 Å². The quantitative estimate of drug-likeness (QED) is 0.336. The van der Waals surface area contributed by atoms with E-state index in [1.807, 2.05) is 13.8 Å². The van der Waals surface area contributed by atoms with E-state index in [4.69, 9.17) is 0 Å². The van der Waals surface area contributed by atoms with Crippen molar-refractivity contribution in [1.82, 2.24) is 10.2 Å². The number of phenols is 1. The van der Waals surface area contributed by atoms with Gasteiger partial charge in [-0.05, 0) is 36.8 Å². The van der Waals surface area contributed by atoms with E-state index in [1.165, 1.54) is 29.9 Å². The van der Waals surface area contributed by atoms with Crippen LogP contribution >= 0.6 is 0 Å². The summed E-state index contributed by atoms with van der Waals surface area (Å²) in [4.78, 5) is 51.0. The van der Waals surface area contributed by atoms with E-state index in [2.05, 4.69) is 16.0 Å². The van der Waals surface area contributed by atoms with E-state index in [0.29, 0.717) is 12.5 Å². The first-order chi connectivity index (χ1) is 15.6. The zero-order chi connectivity index (χ0) is 24.3. The fourth-order valence-electron chi connectivity index (χ4n) is 4.10. The standard InChI is InChI=1S/C24H32N4O5/c1-13(2)17(23(32)25-12-14-8-5-6-9-14)27-19-18(21(30)22(19)31)26-16-11-7-10-15(20(16)29)24(33)28(3)4/h7,10-11,13-14,17,26-27,29H,5-6,8-9,12H2,1-4H3,(H,25,32)/t17-/m1/s1. The Morgan fingerprint density at radius 1 is 1.09 bits per heavy atom. The van der Waals surface area contributed by atoms with Gasteiger partial charge in [0.25, 0.3) is 16.8 Å². The highest BCUT2D eigenvalue weighted by Crippen LogP contribution is 2.32. The molecule has 178 valence electrons. The number of hydrogen-bond donors (Lipinski definition) is 4. The van der Waals surface area contributed by atoms with Gasteiger partial charge in [0, 0.05) is 20.6 Å². The largest absolute Gasteiger partial charge is 0.505 e. The van der Waals surface area contributed by atoms with E-state index < -0.39 is 22.8 Å². The number of nitrogens with one attached hydrogen (secondary N) is 3. The average molecular weight is 457 g/mol. The van der Waals surface area contributed by atoms with Gasteiger partial charge in [-0.2, -0.15) is 0 Å². The van der Waals surface area contributed by atoms with Crippen molar-refractivity contribution >= 4 is 28.9 Å². The molecule has 0 spiro atoms. The maximum Gasteiger partial charge on any atom is 0.257 e. The topological polar surface area (TPSA) is 128 Å². The number of rotatable bonds is 9. The van der Waals surface area contributed by atoms with Crippen LogP contribution in [0.15, 0.2) is 27.8 Å². The Labute approximate surface area is 192 Å². The Kier molecular flexibility index (Phi) is 7.40. The number of nitrogens with zero attached hydrogens (tertiary/aromatic N) is 1. The van der Waals surface area contributed by atoms with Crippen LogP contribution in [0.2, 0.25) is 0 Å². The minimum absolute atomic E-state index is 0.00143. The lowest BCUT2D eigenvalue weighted by atomic mass is 10.0. The zero-order valence-electron chi connectivity index (χ0n) is 19.5. The lowest BCUT2D eigenvalue weighted by Gasteiger charge is -2.25. The van der Waals surface area contributed by atoms with Gasteiger partial charge in [0.05, 0.1) is 11.3 Å². The number of benzene rings is 1. The van der Waals surface area contributed by atoms with Crippen LogP contribution in [0.5, 0.6) is 5.75 Å². The molecule has 1 aliphatic rings. The molecule has 2 amide bonds. The first-order valence-corrected chi connectivity index (χ1v) is 11.3. The maximum atomic E-state index is 12.8. The summed E-state index contributed by atoms with van der Waals surface area (Å²) in [5.41, 5.74) is -1.35. The summed E-state index contributed by atoms with van der Waals surface area (Å²) < 4.78 is 0. The number of phenolic OH excluding ortho intramolecular Hbond substituents is 1. The van der Waals surface area contributed by atoms with Gasteiger partial charge >= 0.3 is 0 Å². The summed E-state index contributed by atoms with van der Waals surface area (Å²) in [6.07, 6.45) is 4.56. The van der Waals surface area contributed by atoms with Crippen molar-refractivity contribution in [1.29, 1.82) is 0 Å². The molecule has 1 atom stereocenters. The van der Waals surface area contributed by atoms with Crippen molar-refractivity contribution in [3.63, 3.8) is 0 Å². The molecule has 4 N–H and O–H groups in total. The van der Waals surface area contributed by atoms with E-state index in [-0.39, 0.29) is 40.2 Å². The lowest BCUT2D eigenvalue weighted by molar-refractivity contribution is -0.122. The fourth-order valence-corrected chi connectivity index (χ4v) is 4.10. The molecule has 3 rings (SSSR count). The van der Waals surface area contributed by atoms with E-state index >= 15 is 0 Å². The maximum absolute atomic E-state index is 12.8. The predicted molar refractivity (Wildman–Crippen MR) is 128 cm³/mol. The third-order valence-corrected chi connectivity index (χ3v) is 6.13. The molecule has 0 aliphatic heterocycles. The van der Waals surface area contributed by atoms with Crippen molar-refractivity contribution in [3.05, 3.63) is 44.2 Å². The van der Waals surface area contributed by atoms with Crippen LogP contribution in [0.25, 0.3) is 0 Å². The minimum Gasteiger partial charge on any atom is -0.505 e. The first-order valence-electron chi connectivity index (χ1n) is 11.3. The molecule has 9 heteroatoms. The van der Waals surface area contributed by atoms with E-state index in [9.17, 15) is 24.3 Å². The number of anilines is 3. The van der Waals surface area contributed by atoms with Gasteiger partial charge in [-0.1, -0.05) is 32.8 Å². The highest BCUT2D eigenvalue weighted by molar-refractivity contribution is 5.99. The molecule has 2 aromatic rings. The normalized spacial score (nSPS) is 14.9. The van der Waals surface area contributed by atoms with Gasteiger partial charge in [-0.15, -0.1) is 0 Å². The SMILES string of the molecule is CC(C)[C@@H](Nc1c(Nc2cccc(C(=O)N(C)C)c2O)c(=O)c1=O)C(=O)NCC1CCCC1. The highest BCUT2D eigenvalue weighted by atomic mass is 16.3. The Morgan fingerprint density at radius 3 is 2.33 bits per heavy atom. The molecule has 0 unspecified atom stereocenters. The number of hydrogen-bond acceptors (Lipinski definition) is 7. The van der Waals surface area contributed by atoms with Crippen LogP contribution in [0.4, 0.5) is 17.1 Å². The number of para-hydroxylation sites is 1. The highest BCUT2D eigenvalue weighted by Gasteiger charge is 2.30. The molecule has 1 saturated carbocycles. The van der Waals surface area contributed by atoms with Crippen LogP contribution in [-0.2, 0) is 4.79 Å². The number of carbonyl (C=O) groups excluding carboxylic acids is 2. The fraction of sp³-hybridized carbons (Fsp3) is 0.500. The Hall–Kier alpha value is -3.36. The van der Waals surface area contributed by atoms with Gasteiger partial charge in [0.15, 0.2) is 5.75 Å². The van der Waals surface area contributed by atoms with Gasteiger partial charge in [0.2, 0.25) is 5.91 Å². The molecule has 33 heavy (non-hydrogen) atoms. The molecule has 0 bridgehead atoms. The molecule has 2 aromatic carbocycles. The second-order valence-electron chi connectivity index (χ2n) is 9.20. The van der Waals surface area contributed by atoms with Gasteiger partial charge < -0.3 is 26.0 Å². The van der Waals surface area contributed by atoms with Crippen molar-refractivity contribution in [3.8, 4) is 5.75 Å². The van der Waals surface area contributed by atoms with Crippen LogP contribution in [0, 0.1) is 11.8 Å².